The molecule has 1 aliphatic rings. The average molecular weight is 352 g/mol. The number of hydrogen-bond donors (Lipinski definition) is 2. The number of aryl methyl sites for hydroxylation is 1. The second-order valence-electron chi connectivity index (χ2n) is 6.01. The molecule has 2 N–H and O–H groups in total. The summed E-state index contributed by atoms with van der Waals surface area (Å²) in [7, 11) is 0. The summed E-state index contributed by atoms with van der Waals surface area (Å²) in [6, 6.07) is 3.47. The molecule has 3 amide bonds. The lowest BCUT2D eigenvalue weighted by molar-refractivity contribution is -0.154. The number of urea groups is 1. The van der Waals surface area contributed by atoms with E-state index in [-0.39, 0.29) is 12.5 Å². The number of carbonyl (C=O) groups is 3. The Kier molecular flexibility index (Phi) is 7.24. The minimum absolute atomic E-state index is 0.121. The Hall–Kier alpha value is -1.89. The SMILES string of the molecule is C[C@@H](OC(=O)CCc1cccs1)C(=O)NC(=O)NC1CCCCC1. The topological polar surface area (TPSA) is 84.5 Å². The number of ether oxygens (including phenoxy) is 1. The van der Waals surface area contributed by atoms with E-state index in [1.165, 1.54) is 13.3 Å². The number of carbonyl (C=O) groups excluding carboxylic acids is 3. The van der Waals surface area contributed by atoms with Gasteiger partial charge in [-0.1, -0.05) is 25.3 Å². The normalized spacial score (nSPS) is 16.2. The van der Waals surface area contributed by atoms with Crippen molar-refractivity contribution in [3.05, 3.63) is 22.4 Å². The highest BCUT2D eigenvalue weighted by Crippen LogP contribution is 2.17. The van der Waals surface area contributed by atoms with Crippen LogP contribution in [0.3, 0.4) is 0 Å². The summed E-state index contributed by atoms with van der Waals surface area (Å²) in [6.07, 6.45) is 5.08. The third-order valence-electron chi connectivity index (χ3n) is 4.01. The average Bonchev–Trinajstić information content (AvgIpc) is 3.07. The molecule has 0 unspecified atom stereocenters. The Labute approximate surface area is 146 Å². The molecular weight excluding hydrogens is 328 g/mol. The van der Waals surface area contributed by atoms with E-state index in [9.17, 15) is 14.4 Å². The molecule has 0 aromatic carbocycles. The predicted molar refractivity (Wildman–Crippen MR) is 91.7 cm³/mol. The number of esters is 1. The highest BCUT2D eigenvalue weighted by Gasteiger charge is 2.22. The van der Waals surface area contributed by atoms with E-state index in [1.54, 1.807) is 11.3 Å². The molecule has 2 rings (SSSR count). The molecule has 6 nitrogen and oxygen atoms in total. The zero-order valence-corrected chi connectivity index (χ0v) is 14.7. The Morgan fingerprint density at radius 1 is 1.29 bits per heavy atom. The highest BCUT2D eigenvalue weighted by atomic mass is 32.1. The molecule has 1 saturated carbocycles. The Bertz CT molecular complexity index is 553. The molecule has 0 saturated heterocycles. The molecule has 1 atom stereocenters. The molecule has 0 radical (unpaired) electrons. The fourth-order valence-corrected chi connectivity index (χ4v) is 3.38. The summed E-state index contributed by atoms with van der Waals surface area (Å²) in [4.78, 5) is 36.6. The lowest BCUT2D eigenvalue weighted by Gasteiger charge is -2.23. The standard InChI is InChI=1S/C17H24N2O4S/c1-12(23-15(20)10-9-14-8-5-11-24-14)16(21)19-17(22)18-13-6-3-2-4-7-13/h5,8,11-13H,2-4,6-7,9-10H2,1H3,(H2,18,19,21,22)/t12-/m1/s1. The van der Waals surface area contributed by atoms with Crippen LogP contribution in [0.4, 0.5) is 4.79 Å². The van der Waals surface area contributed by atoms with Crippen molar-refractivity contribution in [2.24, 2.45) is 0 Å². The molecule has 0 spiro atoms. The Morgan fingerprint density at radius 2 is 2.04 bits per heavy atom. The second kappa shape index (κ2) is 9.42. The van der Waals surface area contributed by atoms with Gasteiger partial charge in [0.05, 0.1) is 6.42 Å². The van der Waals surface area contributed by atoms with Crippen LogP contribution in [0.25, 0.3) is 0 Å². The summed E-state index contributed by atoms with van der Waals surface area (Å²) in [5.41, 5.74) is 0. The molecule has 0 bridgehead atoms. The van der Waals surface area contributed by atoms with Crippen molar-refractivity contribution in [3.63, 3.8) is 0 Å². The third-order valence-corrected chi connectivity index (χ3v) is 4.95. The van der Waals surface area contributed by atoms with Crippen molar-refractivity contribution in [1.82, 2.24) is 10.6 Å². The smallest absolute Gasteiger partial charge is 0.321 e. The number of imide groups is 1. The first-order valence-corrected chi connectivity index (χ1v) is 9.26. The van der Waals surface area contributed by atoms with Gasteiger partial charge in [0, 0.05) is 10.9 Å². The van der Waals surface area contributed by atoms with Crippen LogP contribution >= 0.6 is 11.3 Å². The number of hydrogen-bond acceptors (Lipinski definition) is 5. The van der Waals surface area contributed by atoms with Gasteiger partial charge < -0.3 is 10.1 Å². The predicted octanol–water partition coefficient (Wildman–Crippen LogP) is 2.77. The van der Waals surface area contributed by atoms with Crippen molar-refractivity contribution in [3.8, 4) is 0 Å². The first-order chi connectivity index (χ1) is 11.5. The van der Waals surface area contributed by atoms with Crippen LogP contribution in [-0.4, -0.2) is 30.1 Å². The van der Waals surface area contributed by atoms with E-state index in [4.69, 9.17) is 4.74 Å². The molecule has 1 aromatic heterocycles. The van der Waals surface area contributed by atoms with Gasteiger partial charge in [0.25, 0.3) is 5.91 Å². The van der Waals surface area contributed by atoms with E-state index >= 15 is 0 Å². The molecular formula is C17H24N2O4S. The van der Waals surface area contributed by atoms with Gasteiger partial charge in [-0.25, -0.2) is 4.79 Å². The zero-order chi connectivity index (χ0) is 17.4. The zero-order valence-electron chi connectivity index (χ0n) is 13.9. The van der Waals surface area contributed by atoms with E-state index < -0.39 is 24.0 Å². The first kappa shape index (κ1) is 18.4. The lowest BCUT2D eigenvalue weighted by Crippen LogP contribution is -2.48. The molecule has 132 valence electrons. The molecule has 1 heterocycles. The van der Waals surface area contributed by atoms with Crippen LogP contribution in [0.1, 0.15) is 50.3 Å². The molecule has 1 fully saturated rings. The number of nitrogens with one attached hydrogen (secondary N) is 2. The van der Waals surface area contributed by atoms with Gasteiger partial charge in [0.1, 0.15) is 0 Å². The quantitative estimate of drug-likeness (QED) is 0.771. The van der Waals surface area contributed by atoms with E-state index in [2.05, 4.69) is 10.6 Å². The maximum atomic E-state index is 11.9. The lowest BCUT2D eigenvalue weighted by atomic mass is 9.96. The van der Waals surface area contributed by atoms with Crippen molar-refractivity contribution >= 4 is 29.2 Å². The molecule has 1 aliphatic carbocycles. The third kappa shape index (κ3) is 6.31. The van der Waals surface area contributed by atoms with Crippen LogP contribution in [-0.2, 0) is 20.7 Å². The van der Waals surface area contributed by atoms with E-state index in [0.717, 1.165) is 30.6 Å². The number of amides is 3. The van der Waals surface area contributed by atoms with Crippen molar-refractivity contribution in [1.29, 1.82) is 0 Å². The Balaban J connectivity index is 1.66. The highest BCUT2D eigenvalue weighted by molar-refractivity contribution is 7.09. The first-order valence-electron chi connectivity index (χ1n) is 8.38. The minimum Gasteiger partial charge on any atom is -0.453 e. The van der Waals surface area contributed by atoms with Crippen molar-refractivity contribution in [2.45, 2.75) is 64.0 Å². The fraction of sp³-hybridized carbons (Fsp3) is 0.588. The number of rotatable bonds is 6. The van der Waals surface area contributed by atoms with Gasteiger partial charge in [0.15, 0.2) is 6.10 Å². The monoisotopic (exact) mass is 352 g/mol. The van der Waals surface area contributed by atoms with Gasteiger partial charge >= 0.3 is 12.0 Å². The summed E-state index contributed by atoms with van der Waals surface area (Å²) in [5, 5.41) is 6.98. The van der Waals surface area contributed by atoms with Crippen LogP contribution in [0.15, 0.2) is 17.5 Å². The molecule has 24 heavy (non-hydrogen) atoms. The fourth-order valence-electron chi connectivity index (χ4n) is 2.67. The summed E-state index contributed by atoms with van der Waals surface area (Å²) in [6.45, 7) is 1.46. The second-order valence-corrected chi connectivity index (χ2v) is 7.04. The van der Waals surface area contributed by atoms with E-state index in [1.807, 2.05) is 17.5 Å². The van der Waals surface area contributed by atoms with Gasteiger partial charge in [-0.15, -0.1) is 11.3 Å². The summed E-state index contributed by atoms with van der Waals surface area (Å²) < 4.78 is 5.07. The van der Waals surface area contributed by atoms with E-state index in [0.29, 0.717) is 6.42 Å². The van der Waals surface area contributed by atoms with Crippen molar-refractivity contribution in [2.75, 3.05) is 0 Å². The molecule has 1 aromatic rings. The van der Waals surface area contributed by atoms with Crippen molar-refractivity contribution < 1.29 is 19.1 Å². The van der Waals surface area contributed by atoms with Gasteiger partial charge in [-0.3, -0.25) is 14.9 Å². The summed E-state index contributed by atoms with van der Waals surface area (Å²) in [5.74, 6) is -1.05. The maximum Gasteiger partial charge on any atom is 0.321 e. The minimum atomic E-state index is -0.988. The van der Waals surface area contributed by atoms with Gasteiger partial charge in [-0.2, -0.15) is 0 Å². The molecule has 7 heteroatoms. The van der Waals surface area contributed by atoms with Gasteiger partial charge in [-0.05, 0) is 37.6 Å². The summed E-state index contributed by atoms with van der Waals surface area (Å²) >= 11 is 1.57. The Morgan fingerprint density at radius 3 is 2.71 bits per heavy atom. The maximum absolute atomic E-state index is 11.9. The molecule has 0 aliphatic heterocycles. The van der Waals surface area contributed by atoms with Crippen LogP contribution in [0.5, 0.6) is 0 Å². The van der Waals surface area contributed by atoms with Gasteiger partial charge in [0.2, 0.25) is 0 Å². The van der Waals surface area contributed by atoms with Crippen LogP contribution in [0, 0.1) is 0 Å². The van der Waals surface area contributed by atoms with Crippen LogP contribution in [0.2, 0.25) is 0 Å². The number of thiophene rings is 1. The largest absolute Gasteiger partial charge is 0.453 e. The van der Waals surface area contributed by atoms with Crippen LogP contribution < -0.4 is 10.6 Å².